The molecule has 0 aliphatic carbocycles. The first kappa shape index (κ1) is 12.4. The van der Waals surface area contributed by atoms with Crippen molar-refractivity contribution in [3.05, 3.63) is 11.6 Å². The number of carbonyl (C=O) groups is 2. The Bertz CT molecular complexity index is 231. The fraction of sp³-hybridized carbons (Fsp3) is 0.556. The van der Waals surface area contributed by atoms with E-state index >= 15 is 0 Å². The van der Waals surface area contributed by atoms with Gasteiger partial charge in [0.2, 0.25) is 0 Å². The minimum absolute atomic E-state index is 0.102. The number of ether oxygens (including phenoxy) is 1. The highest BCUT2D eigenvalue weighted by atomic mass is 79.9. The van der Waals surface area contributed by atoms with Gasteiger partial charge in [-0.15, -0.1) is 0 Å². The first-order valence-corrected chi connectivity index (χ1v) is 5.11. The summed E-state index contributed by atoms with van der Waals surface area (Å²) in [6, 6.07) is 0. The monoisotopic (exact) mass is 248 g/mol. The van der Waals surface area contributed by atoms with Gasteiger partial charge in [-0.2, -0.15) is 0 Å². The molecule has 0 aromatic carbocycles. The van der Waals surface area contributed by atoms with Gasteiger partial charge in [-0.05, 0) is 20.8 Å². The van der Waals surface area contributed by atoms with Gasteiger partial charge in [0.25, 0.3) is 0 Å². The third kappa shape index (κ3) is 4.22. The Balaban J connectivity index is 4.44. The van der Waals surface area contributed by atoms with Gasteiger partial charge in [-0.25, -0.2) is 4.79 Å². The molecule has 0 heterocycles. The van der Waals surface area contributed by atoms with Crippen molar-refractivity contribution in [2.45, 2.75) is 26.9 Å². The lowest BCUT2D eigenvalue weighted by atomic mass is 10.2. The van der Waals surface area contributed by atoms with Crippen molar-refractivity contribution in [2.75, 3.05) is 5.33 Å². The van der Waals surface area contributed by atoms with Gasteiger partial charge < -0.3 is 4.74 Å². The van der Waals surface area contributed by atoms with E-state index in [1.54, 1.807) is 20.8 Å². The standard InChI is InChI=1S/C9H13BrO3/c1-4-7(8(11)5-10)9(12)13-6(2)3/h4,6H,5H2,1-3H3. The largest absolute Gasteiger partial charge is 0.459 e. The Kier molecular flexibility index (Phi) is 5.62. The summed E-state index contributed by atoms with van der Waals surface area (Å²) in [6.07, 6.45) is 1.26. The summed E-state index contributed by atoms with van der Waals surface area (Å²) < 4.78 is 4.88. The van der Waals surface area contributed by atoms with Crippen LogP contribution in [0.25, 0.3) is 0 Å². The van der Waals surface area contributed by atoms with E-state index in [1.165, 1.54) is 6.08 Å². The number of halogens is 1. The summed E-state index contributed by atoms with van der Waals surface area (Å²) in [5.74, 6) is -0.810. The van der Waals surface area contributed by atoms with Crippen LogP contribution < -0.4 is 0 Å². The van der Waals surface area contributed by atoms with Crippen LogP contribution in [0.5, 0.6) is 0 Å². The molecular formula is C9H13BrO3. The highest BCUT2D eigenvalue weighted by molar-refractivity contribution is 9.09. The lowest BCUT2D eigenvalue weighted by Gasteiger charge is -2.08. The van der Waals surface area contributed by atoms with E-state index in [9.17, 15) is 9.59 Å². The predicted octanol–water partition coefficient (Wildman–Crippen LogP) is 1.85. The van der Waals surface area contributed by atoms with E-state index in [1.807, 2.05) is 0 Å². The maximum absolute atomic E-state index is 11.3. The van der Waals surface area contributed by atoms with Gasteiger partial charge in [-0.3, -0.25) is 4.79 Å². The number of allylic oxidation sites excluding steroid dienone is 1. The molecule has 13 heavy (non-hydrogen) atoms. The average molecular weight is 249 g/mol. The van der Waals surface area contributed by atoms with Crippen molar-refractivity contribution in [3.63, 3.8) is 0 Å². The Hall–Kier alpha value is -0.640. The molecule has 3 nitrogen and oxygen atoms in total. The second kappa shape index (κ2) is 5.91. The van der Waals surface area contributed by atoms with E-state index in [2.05, 4.69) is 15.9 Å². The number of Topliss-reactive ketones (excluding diaryl/α,β-unsaturated/α-hetero) is 1. The first-order chi connectivity index (χ1) is 6.02. The van der Waals surface area contributed by atoms with Crippen LogP contribution in [0.3, 0.4) is 0 Å². The fourth-order valence-electron chi connectivity index (χ4n) is 0.742. The minimum atomic E-state index is -0.554. The number of ketones is 1. The summed E-state index contributed by atoms with van der Waals surface area (Å²) in [7, 11) is 0. The highest BCUT2D eigenvalue weighted by Crippen LogP contribution is 2.04. The van der Waals surface area contributed by atoms with Crippen LogP contribution in [-0.4, -0.2) is 23.2 Å². The van der Waals surface area contributed by atoms with Gasteiger partial charge in [0.15, 0.2) is 5.78 Å². The number of hydrogen-bond donors (Lipinski definition) is 0. The minimum Gasteiger partial charge on any atom is -0.459 e. The molecule has 4 heteroatoms. The van der Waals surface area contributed by atoms with Crippen molar-refractivity contribution >= 4 is 27.7 Å². The molecule has 0 fully saturated rings. The molecule has 74 valence electrons. The zero-order valence-corrected chi connectivity index (χ0v) is 9.55. The predicted molar refractivity (Wildman–Crippen MR) is 53.8 cm³/mol. The van der Waals surface area contributed by atoms with Gasteiger partial charge in [-0.1, -0.05) is 22.0 Å². The van der Waals surface area contributed by atoms with Crippen LogP contribution in [0.15, 0.2) is 11.6 Å². The summed E-state index contributed by atoms with van der Waals surface area (Å²) >= 11 is 2.99. The number of alkyl halides is 1. The van der Waals surface area contributed by atoms with Crippen LogP contribution >= 0.6 is 15.9 Å². The molecule has 0 bridgehead atoms. The molecular weight excluding hydrogens is 236 g/mol. The average Bonchev–Trinajstić information content (AvgIpc) is 2.03. The highest BCUT2D eigenvalue weighted by Gasteiger charge is 2.18. The maximum atomic E-state index is 11.3. The van der Waals surface area contributed by atoms with Gasteiger partial charge >= 0.3 is 5.97 Å². The van der Waals surface area contributed by atoms with Crippen LogP contribution in [-0.2, 0) is 14.3 Å². The molecule has 0 N–H and O–H groups in total. The summed E-state index contributed by atoms with van der Waals surface area (Å²) in [6.45, 7) is 5.12. The summed E-state index contributed by atoms with van der Waals surface area (Å²) in [5, 5.41) is 0.139. The maximum Gasteiger partial charge on any atom is 0.341 e. The Morgan fingerprint density at radius 1 is 1.46 bits per heavy atom. The molecule has 0 saturated heterocycles. The molecule has 0 aliphatic heterocycles. The van der Waals surface area contributed by atoms with E-state index in [0.29, 0.717) is 0 Å². The summed E-state index contributed by atoms with van der Waals surface area (Å²) in [4.78, 5) is 22.4. The van der Waals surface area contributed by atoms with Crippen LogP contribution in [0.2, 0.25) is 0 Å². The smallest absolute Gasteiger partial charge is 0.341 e. The summed E-state index contributed by atoms with van der Waals surface area (Å²) in [5.41, 5.74) is 0.102. The molecule has 0 amide bonds. The number of esters is 1. The first-order valence-electron chi connectivity index (χ1n) is 3.99. The van der Waals surface area contributed by atoms with Crippen LogP contribution in [0.4, 0.5) is 0 Å². The zero-order valence-electron chi connectivity index (χ0n) is 7.96. The van der Waals surface area contributed by atoms with Crippen molar-refractivity contribution in [3.8, 4) is 0 Å². The Morgan fingerprint density at radius 2 is 2.00 bits per heavy atom. The molecule has 0 rings (SSSR count). The molecule has 0 aromatic heterocycles. The molecule has 0 unspecified atom stereocenters. The Labute approximate surface area is 86.3 Å². The molecule has 0 aliphatic rings. The topological polar surface area (TPSA) is 43.4 Å². The second-order valence-electron chi connectivity index (χ2n) is 2.71. The third-order valence-electron chi connectivity index (χ3n) is 1.27. The van der Waals surface area contributed by atoms with Crippen LogP contribution in [0.1, 0.15) is 20.8 Å². The normalized spacial score (nSPS) is 11.6. The quantitative estimate of drug-likeness (QED) is 0.251. The second-order valence-corrected chi connectivity index (χ2v) is 3.27. The van der Waals surface area contributed by atoms with Gasteiger partial charge in [0.05, 0.1) is 17.0 Å². The lowest BCUT2D eigenvalue weighted by molar-refractivity contribution is -0.143. The van der Waals surface area contributed by atoms with Gasteiger partial charge in [0.1, 0.15) is 0 Å². The van der Waals surface area contributed by atoms with Crippen molar-refractivity contribution in [2.24, 2.45) is 0 Å². The number of rotatable bonds is 4. The molecule has 0 spiro atoms. The van der Waals surface area contributed by atoms with E-state index in [4.69, 9.17) is 4.74 Å². The zero-order chi connectivity index (χ0) is 10.4. The fourth-order valence-corrected chi connectivity index (χ4v) is 1.04. The number of carbonyl (C=O) groups excluding carboxylic acids is 2. The SMILES string of the molecule is CC=C(C(=O)CBr)C(=O)OC(C)C. The number of hydrogen-bond acceptors (Lipinski definition) is 3. The van der Waals surface area contributed by atoms with E-state index < -0.39 is 5.97 Å². The molecule has 0 atom stereocenters. The van der Waals surface area contributed by atoms with E-state index in [-0.39, 0.29) is 22.8 Å². The molecule has 0 saturated carbocycles. The van der Waals surface area contributed by atoms with Crippen molar-refractivity contribution < 1.29 is 14.3 Å². The Morgan fingerprint density at radius 3 is 2.31 bits per heavy atom. The third-order valence-corrected chi connectivity index (χ3v) is 1.78. The van der Waals surface area contributed by atoms with E-state index in [0.717, 1.165) is 0 Å². The van der Waals surface area contributed by atoms with Crippen molar-refractivity contribution in [1.82, 2.24) is 0 Å². The van der Waals surface area contributed by atoms with Gasteiger partial charge in [0, 0.05) is 0 Å². The van der Waals surface area contributed by atoms with Crippen LogP contribution in [0, 0.1) is 0 Å². The molecule has 0 radical (unpaired) electrons. The lowest BCUT2D eigenvalue weighted by Crippen LogP contribution is -2.19. The van der Waals surface area contributed by atoms with Crippen molar-refractivity contribution in [1.29, 1.82) is 0 Å². The molecule has 0 aromatic rings.